The number of nitro groups is 1. The number of hydrogen-bond donors (Lipinski definition) is 1. The summed E-state index contributed by atoms with van der Waals surface area (Å²) in [6.45, 7) is 0. The van der Waals surface area contributed by atoms with Crippen molar-refractivity contribution in [3.8, 4) is 0 Å². The predicted molar refractivity (Wildman–Crippen MR) is 76.7 cm³/mol. The van der Waals surface area contributed by atoms with Crippen LogP contribution in [0.3, 0.4) is 0 Å². The number of anilines is 1. The topological polar surface area (TPSA) is 55.2 Å². The summed E-state index contributed by atoms with van der Waals surface area (Å²) in [4.78, 5) is 11.7. The number of nitro benzene ring substituents is 1. The first-order valence-corrected chi connectivity index (χ1v) is 7.30. The fraction of sp³-hybridized carbons (Fsp3) is 0.286. The lowest BCUT2D eigenvalue weighted by Crippen LogP contribution is -2.17. The van der Waals surface area contributed by atoms with Gasteiger partial charge in [0.1, 0.15) is 5.69 Å². The Balaban J connectivity index is 1.96. The molecule has 0 aliphatic heterocycles. The molecule has 1 aromatic carbocycles. The van der Waals surface area contributed by atoms with Crippen molar-refractivity contribution in [3.63, 3.8) is 0 Å². The number of fused-ring (bicyclic) bond motifs is 1. The third kappa shape index (κ3) is 2.27. The highest BCUT2D eigenvalue weighted by atomic mass is 32.1. The van der Waals surface area contributed by atoms with E-state index in [1.165, 1.54) is 23.1 Å². The SMILES string of the molecule is O=[N+]([O-])c1cccc(F)c1NC1CCCc2sccc21. The van der Waals surface area contributed by atoms with Crippen molar-refractivity contribution in [1.29, 1.82) is 0 Å². The molecule has 20 heavy (non-hydrogen) atoms. The molecule has 0 bridgehead atoms. The summed E-state index contributed by atoms with van der Waals surface area (Å²) in [5.41, 5.74) is 0.910. The summed E-state index contributed by atoms with van der Waals surface area (Å²) >= 11 is 1.69. The number of aryl methyl sites for hydroxylation is 1. The molecule has 1 aromatic heterocycles. The van der Waals surface area contributed by atoms with Crippen molar-refractivity contribution in [2.75, 3.05) is 5.32 Å². The summed E-state index contributed by atoms with van der Waals surface area (Å²) in [6, 6.07) is 5.88. The normalized spacial score (nSPS) is 17.6. The van der Waals surface area contributed by atoms with Gasteiger partial charge < -0.3 is 5.32 Å². The van der Waals surface area contributed by atoms with Crippen LogP contribution in [0, 0.1) is 15.9 Å². The van der Waals surface area contributed by atoms with Crippen LogP contribution in [0.25, 0.3) is 0 Å². The zero-order valence-electron chi connectivity index (χ0n) is 10.6. The lowest BCUT2D eigenvalue weighted by molar-refractivity contribution is -0.384. The molecule has 104 valence electrons. The van der Waals surface area contributed by atoms with Crippen molar-refractivity contribution in [3.05, 3.63) is 56.0 Å². The second kappa shape index (κ2) is 5.20. The molecule has 0 spiro atoms. The van der Waals surface area contributed by atoms with Gasteiger partial charge in [-0.2, -0.15) is 0 Å². The number of nitrogens with one attached hydrogen (secondary N) is 1. The Hall–Kier alpha value is -1.95. The van der Waals surface area contributed by atoms with Crippen LogP contribution < -0.4 is 5.32 Å². The second-order valence-electron chi connectivity index (χ2n) is 4.78. The average molecular weight is 292 g/mol. The summed E-state index contributed by atoms with van der Waals surface area (Å²) in [7, 11) is 0. The molecule has 1 atom stereocenters. The van der Waals surface area contributed by atoms with Crippen molar-refractivity contribution in [1.82, 2.24) is 0 Å². The van der Waals surface area contributed by atoms with Gasteiger partial charge in [-0.05, 0) is 42.3 Å². The molecule has 0 saturated heterocycles. The van der Waals surface area contributed by atoms with Gasteiger partial charge in [0.25, 0.3) is 5.69 Å². The quantitative estimate of drug-likeness (QED) is 0.678. The number of thiophene rings is 1. The van der Waals surface area contributed by atoms with E-state index in [2.05, 4.69) is 5.32 Å². The molecule has 1 N–H and O–H groups in total. The van der Waals surface area contributed by atoms with Gasteiger partial charge in [-0.3, -0.25) is 10.1 Å². The fourth-order valence-electron chi connectivity index (χ4n) is 2.62. The standard InChI is InChI=1S/C14H13FN2O2S/c15-10-3-1-5-12(17(18)19)14(10)16-11-4-2-6-13-9(11)7-8-20-13/h1,3,5,7-8,11,16H,2,4,6H2. The van der Waals surface area contributed by atoms with Crippen LogP contribution in [-0.4, -0.2) is 4.92 Å². The first-order valence-electron chi connectivity index (χ1n) is 6.42. The van der Waals surface area contributed by atoms with Crippen LogP contribution in [0.15, 0.2) is 29.6 Å². The summed E-state index contributed by atoms with van der Waals surface area (Å²) in [5.74, 6) is -0.582. The third-order valence-electron chi connectivity index (χ3n) is 3.56. The van der Waals surface area contributed by atoms with Crippen molar-refractivity contribution < 1.29 is 9.31 Å². The maximum Gasteiger partial charge on any atom is 0.295 e. The Morgan fingerprint density at radius 3 is 3.05 bits per heavy atom. The molecule has 2 aromatic rings. The molecule has 0 amide bonds. The smallest absolute Gasteiger partial charge is 0.295 e. The van der Waals surface area contributed by atoms with E-state index in [1.807, 2.05) is 11.4 Å². The van der Waals surface area contributed by atoms with Crippen LogP contribution >= 0.6 is 11.3 Å². The molecule has 3 rings (SSSR count). The van der Waals surface area contributed by atoms with Crippen molar-refractivity contribution in [2.45, 2.75) is 25.3 Å². The van der Waals surface area contributed by atoms with E-state index in [1.54, 1.807) is 11.3 Å². The molecule has 1 aliphatic carbocycles. The van der Waals surface area contributed by atoms with Crippen LogP contribution in [0.2, 0.25) is 0 Å². The highest BCUT2D eigenvalue weighted by Crippen LogP contribution is 2.38. The van der Waals surface area contributed by atoms with E-state index in [-0.39, 0.29) is 17.4 Å². The minimum Gasteiger partial charge on any atom is -0.370 e. The highest BCUT2D eigenvalue weighted by Gasteiger charge is 2.25. The van der Waals surface area contributed by atoms with Gasteiger partial charge in [-0.1, -0.05) is 6.07 Å². The van der Waals surface area contributed by atoms with E-state index < -0.39 is 10.7 Å². The van der Waals surface area contributed by atoms with Gasteiger partial charge >= 0.3 is 0 Å². The number of nitrogens with zero attached hydrogens (tertiary/aromatic N) is 1. The number of para-hydroxylation sites is 1. The van der Waals surface area contributed by atoms with Gasteiger partial charge in [-0.15, -0.1) is 11.3 Å². The lowest BCUT2D eigenvalue weighted by atomic mass is 9.94. The maximum absolute atomic E-state index is 13.9. The number of benzene rings is 1. The minimum absolute atomic E-state index is 0.0125. The van der Waals surface area contributed by atoms with E-state index >= 15 is 0 Å². The molecule has 1 heterocycles. The Kier molecular flexibility index (Phi) is 3.40. The van der Waals surface area contributed by atoms with Crippen LogP contribution in [-0.2, 0) is 6.42 Å². The molecular formula is C14H13FN2O2S. The predicted octanol–water partition coefficient (Wildman–Crippen LogP) is 4.28. The molecule has 1 unspecified atom stereocenters. The lowest BCUT2D eigenvalue weighted by Gasteiger charge is -2.24. The summed E-state index contributed by atoms with van der Waals surface area (Å²) in [6.07, 6.45) is 2.90. The Morgan fingerprint density at radius 1 is 1.40 bits per heavy atom. The number of hydrogen-bond acceptors (Lipinski definition) is 4. The van der Waals surface area contributed by atoms with Crippen molar-refractivity contribution >= 4 is 22.7 Å². The van der Waals surface area contributed by atoms with E-state index in [4.69, 9.17) is 0 Å². The largest absolute Gasteiger partial charge is 0.370 e. The Morgan fingerprint density at radius 2 is 2.25 bits per heavy atom. The van der Waals surface area contributed by atoms with Gasteiger partial charge in [0.15, 0.2) is 5.82 Å². The Bertz CT molecular complexity index is 656. The monoisotopic (exact) mass is 292 g/mol. The van der Waals surface area contributed by atoms with Crippen molar-refractivity contribution in [2.24, 2.45) is 0 Å². The van der Waals surface area contributed by atoms with E-state index in [0.29, 0.717) is 0 Å². The van der Waals surface area contributed by atoms with E-state index in [0.717, 1.165) is 24.8 Å². The number of halogens is 1. The zero-order chi connectivity index (χ0) is 14.1. The van der Waals surface area contributed by atoms with Gasteiger partial charge in [-0.25, -0.2) is 4.39 Å². The average Bonchev–Trinajstić information content (AvgIpc) is 2.90. The molecule has 0 radical (unpaired) electrons. The zero-order valence-corrected chi connectivity index (χ0v) is 11.5. The van der Waals surface area contributed by atoms with Crippen LogP contribution in [0.4, 0.5) is 15.8 Å². The summed E-state index contributed by atoms with van der Waals surface area (Å²) in [5, 5.41) is 16.1. The third-order valence-corrected chi connectivity index (χ3v) is 4.56. The van der Waals surface area contributed by atoms with Crippen LogP contribution in [0.1, 0.15) is 29.3 Å². The molecule has 6 heteroatoms. The second-order valence-corrected chi connectivity index (χ2v) is 5.78. The van der Waals surface area contributed by atoms with Crippen LogP contribution in [0.5, 0.6) is 0 Å². The molecule has 1 aliphatic rings. The molecule has 0 saturated carbocycles. The fourth-order valence-corrected chi connectivity index (χ4v) is 3.61. The van der Waals surface area contributed by atoms with E-state index in [9.17, 15) is 14.5 Å². The Labute approximate surface area is 119 Å². The highest BCUT2D eigenvalue weighted by molar-refractivity contribution is 7.10. The minimum atomic E-state index is -0.582. The van der Waals surface area contributed by atoms with Gasteiger partial charge in [0, 0.05) is 10.9 Å². The maximum atomic E-state index is 13.9. The van der Waals surface area contributed by atoms with Gasteiger partial charge in [0.05, 0.1) is 11.0 Å². The number of rotatable bonds is 3. The van der Waals surface area contributed by atoms with Gasteiger partial charge in [0.2, 0.25) is 0 Å². The molecular weight excluding hydrogens is 279 g/mol. The summed E-state index contributed by atoms with van der Waals surface area (Å²) < 4.78 is 13.9. The first-order chi connectivity index (χ1) is 9.66. The molecule has 0 fully saturated rings. The molecule has 4 nitrogen and oxygen atoms in total. The first kappa shape index (κ1) is 13.1.